The zero-order valence-electron chi connectivity index (χ0n) is 6.40. The highest BCUT2D eigenvalue weighted by molar-refractivity contribution is 14.1. The molecule has 0 aliphatic heterocycles. The van der Waals surface area contributed by atoms with E-state index in [-0.39, 0.29) is 12.1 Å². The van der Waals surface area contributed by atoms with Crippen molar-refractivity contribution >= 4 is 38.5 Å². The van der Waals surface area contributed by atoms with Gasteiger partial charge in [-0.1, -0.05) is 0 Å². The van der Waals surface area contributed by atoms with E-state index in [4.69, 9.17) is 5.73 Å². The topological polar surface area (TPSA) is 38.9 Å². The van der Waals surface area contributed by atoms with Gasteiger partial charge in [-0.25, -0.2) is 13.8 Å². The molecule has 1 rings (SSSR count). The summed E-state index contributed by atoms with van der Waals surface area (Å²) in [5, 5.41) is 0. The molecule has 2 nitrogen and oxygen atoms in total. The van der Waals surface area contributed by atoms with Crippen molar-refractivity contribution in [3.63, 3.8) is 0 Å². The highest BCUT2D eigenvalue weighted by atomic mass is 127. The van der Waals surface area contributed by atoms with Gasteiger partial charge in [0, 0.05) is 27.4 Å². The second-order valence-electron chi connectivity index (χ2n) is 2.30. The molecular weight excluding hydrogens is 357 g/mol. The van der Waals surface area contributed by atoms with Crippen LogP contribution in [0.25, 0.3) is 0 Å². The van der Waals surface area contributed by atoms with Crippen LogP contribution in [0.5, 0.6) is 0 Å². The molecule has 0 aromatic carbocycles. The average molecular weight is 363 g/mol. The molecule has 72 valence electrons. The highest BCUT2D eigenvalue weighted by Gasteiger charge is 2.16. The fourth-order valence-electron chi connectivity index (χ4n) is 0.852. The van der Waals surface area contributed by atoms with E-state index in [1.165, 1.54) is 0 Å². The molecule has 6 heteroatoms. The molecule has 0 aliphatic rings. The van der Waals surface area contributed by atoms with E-state index in [9.17, 15) is 8.78 Å². The summed E-state index contributed by atoms with van der Waals surface area (Å²) >= 11 is 5.00. The SMILES string of the molecule is NCc1c(Br)ncc(C(F)F)c1I. The smallest absolute Gasteiger partial charge is 0.266 e. The summed E-state index contributed by atoms with van der Waals surface area (Å²) in [6.07, 6.45) is -1.34. The number of aromatic nitrogens is 1. The lowest BCUT2D eigenvalue weighted by molar-refractivity contribution is 0.150. The third-order valence-corrected chi connectivity index (χ3v) is 3.48. The van der Waals surface area contributed by atoms with Crippen molar-refractivity contribution in [2.24, 2.45) is 5.73 Å². The van der Waals surface area contributed by atoms with E-state index < -0.39 is 6.43 Å². The number of nitrogens with two attached hydrogens (primary N) is 1. The van der Waals surface area contributed by atoms with Crippen LogP contribution < -0.4 is 5.73 Å². The third-order valence-electron chi connectivity index (χ3n) is 1.52. The molecule has 0 spiro atoms. The van der Waals surface area contributed by atoms with Crippen LogP contribution in [0, 0.1) is 3.57 Å². The molecule has 0 radical (unpaired) electrons. The minimum absolute atomic E-state index is 0.0655. The average Bonchev–Trinajstić information content (AvgIpc) is 2.04. The molecule has 0 atom stereocenters. The Hall–Kier alpha value is 0.180. The molecule has 1 aromatic heterocycles. The van der Waals surface area contributed by atoms with E-state index in [0.717, 1.165) is 6.20 Å². The zero-order chi connectivity index (χ0) is 10.0. The number of hydrogen-bond donors (Lipinski definition) is 1. The van der Waals surface area contributed by atoms with Gasteiger partial charge in [0.1, 0.15) is 4.60 Å². The molecule has 1 heterocycles. The largest absolute Gasteiger partial charge is 0.326 e. The summed E-state index contributed by atoms with van der Waals surface area (Å²) in [6, 6.07) is 0. The normalized spacial score (nSPS) is 10.9. The zero-order valence-corrected chi connectivity index (χ0v) is 10.1. The summed E-state index contributed by atoms with van der Waals surface area (Å²) in [7, 11) is 0. The molecular formula is C7H6BrF2IN2. The van der Waals surface area contributed by atoms with Crippen molar-refractivity contribution in [3.8, 4) is 0 Å². The van der Waals surface area contributed by atoms with Crippen molar-refractivity contribution in [2.45, 2.75) is 13.0 Å². The Bertz CT molecular complexity index is 320. The van der Waals surface area contributed by atoms with Gasteiger partial charge < -0.3 is 5.73 Å². The van der Waals surface area contributed by atoms with Gasteiger partial charge >= 0.3 is 0 Å². The molecule has 13 heavy (non-hydrogen) atoms. The third kappa shape index (κ3) is 2.35. The standard InChI is InChI=1S/C7H6BrF2IN2/c8-6-3(1-12)5(11)4(2-13-6)7(9)10/h2,7H,1,12H2. The van der Waals surface area contributed by atoms with Gasteiger partial charge in [-0.2, -0.15) is 0 Å². The van der Waals surface area contributed by atoms with Crippen molar-refractivity contribution in [3.05, 3.63) is 25.5 Å². The fraction of sp³-hybridized carbons (Fsp3) is 0.286. The Kier molecular flexibility index (Phi) is 3.99. The molecule has 0 amide bonds. The lowest BCUT2D eigenvalue weighted by Gasteiger charge is -2.08. The number of hydrogen-bond acceptors (Lipinski definition) is 2. The first-order chi connectivity index (χ1) is 6.07. The molecule has 2 N–H and O–H groups in total. The Morgan fingerprint density at radius 2 is 2.23 bits per heavy atom. The molecule has 0 saturated heterocycles. The molecule has 0 aliphatic carbocycles. The molecule has 0 unspecified atom stereocenters. The Balaban J connectivity index is 3.27. The predicted octanol–water partition coefficient (Wildman–Crippen LogP) is 2.85. The molecule has 0 fully saturated rings. The van der Waals surface area contributed by atoms with Gasteiger partial charge in [0.2, 0.25) is 0 Å². The van der Waals surface area contributed by atoms with Crippen LogP contribution in [0.2, 0.25) is 0 Å². The van der Waals surface area contributed by atoms with Crippen molar-refractivity contribution < 1.29 is 8.78 Å². The van der Waals surface area contributed by atoms with Gasteiger partial charge in [-0.05, 0) is 38.5 Å². The van der Waals surface area contributed by atoms with Crippen LogP contribution >= 0.6 is 38.5 Å². The second kappa shape index (κ2) is 4.61. The second-order valence-corrected chi connectivity index (χ2v) is 4.13. The Morgan fingerprint density at radius 3 is 2.69 bits per heavy atom. The quantitative estimate of drug-likeness (QED) is 0.649. The van der Waals surface area contributed by atoms with Crippen LogP contribution in [0.3, 0.4) is 0 Å². The molecule has 0 bridgehead atoms. The lowest BCUT2D eigenvalue weighted by Crippen LogP contribution is -2.05. The number of pyridine rings is 1. The maximum atomic E-state index is 12.4. The number of alkyl halides is 2. The van der Waals surface area contributed by atoms with Crippen LogP contribution in [0.1, 0.15) is 17.6 Å². The maximum Gasteiger partial charge on any atom is 0.266 e. The molecule has 0 saturated carbocycles. The van der Waals surface area contributed by atoms with Crippen LogP contribution in [-0.4, -0.2) is 4.98 Å². The van der Waals surface area contributed by atoms with Gasteiger partial charge in [0.15, 0.2) is 0 Å². The number of rotatable bonds is 2. The van der Waals surface area contributed by atoms with Crippen molar-refractivity contribution in [1.29, 1.82) is 0 Å². The van der Waals surface area contributed by atoms with E-state index in [0.29, 0.717) is 13.7 Å². The van der Waals surface area contributed by atoms with Gasteiger partial charge in [0.05, 0.1) is 0 Å². The first-order valence-corrected chi connectivity index (χ1v) is 5.26. The van der Waals surface area contributed by atoms with Crippen LogP contribution in [0.15, 0.2) is 10.8 Å². The molecule has 1 aromatic rings. The van der Waals surface area contributed by atoms with Crippen molar-refractivity contribution in [2.75, 3.05) is 0 Å². The summed E-state index contributed by atoms with van der Waals surface area (Å²) in [4.78, 5) is 3.78. The van der Waals surface area contributed by atoms with E-state index in [2.05, 4.69) is 20.9 Å². The van der Waals surface area contributed by atoms with Crippen molar-refractivity contribution in [1.82, 2.24) is 4.98 Å². The van der Waals surface area contributed by atoms with Gasteiger partial charge in [-0.3, -0.25) is 0 Å². The first-order valence-electron chi connectivity index (χ1n) is 3.39. The summed E-state index contributed by atoms with van der Waals surface area (Å²) < 4.78 is 25.8. The monoisotopic (exact) mass is 362 g/mol. The summed E-state index contributed by atoms with van der Waals surface area (Å²) in [6.45, 7) is 0.201. The van der Waals surface area contributed by atoms with Gasteiger partial charge in [0.25, 0.3) is 6.43 Å². The lowest BCUT2D eigenvalue weighted by atomic mass is 10.2. The Labute approximate surface area is 96.2 Å². The number of halogens is 4. The first kappa shape index (κ1) is 11.3. The van der Waals surface area contributed by atoms with Gasteiger partial charge in [-0.15, -0.1) is 0 Å². The maximum absolute atomic E-state index is 12.4. The number of nitrogens with zero attached hydrogens (tertiary/aromatic N) is 1. The van der Waals surface area contributed by atoms with Crippen LogP contribution in [0.4, 0.5) is 8.78 Å². The Morgan fingerprint density at radius 1 is 1.62 bits per heavy atom. The summed E-state index contributed by atoms with van der Waals surface area (Å²) in [5.41, 5.74) is 5.96. The minimum Gasteiger partial charge on any atom is -0.326 e. The predicted molar refractivity (Wildman–Crippen MR) is 57.5 cm³/mol. The minimum atomic E-state index is -2.50. The fourth-order valence-corrected chi connectivity index (χ4v) is 2.53. The van der Waals surface area contributed by atoms with E-state index >= 15 is 0 Å². The van der Waals surface area contributed by atoms with E-state index in [1.54, 1.807) is 0 Å². The van der Waals surface area contributed by atoms with E-state index in [1.807, 2.05) is 22.6 Å². The summed E-state index contributed by atoms with van der Waals surface area (Å²) in [5.74, 6) is 0. The highest BCUT2D eigenvalue weighted by Crippen LogP contribution is 2.29. The van der Waals surface area contributed by atoms with Crippen LogP contribution in [-0.2, 0) is 6.54 Å².